The molecule has 2 N–H and O–H groups in total. The van der Waals surface area contributed by atoms with Gasteiger partial charge in [0.1, 0.15) is 21.2 Å². The molecule has 12 nitrogen and oxygen atoms in total. The van der Waals surface area contributed by atoms with Crippen molar-refractivity contribution in [2.75, 3.05) is 5.32 Å². The van der Waals surface area contributed by atoms with Crippen molar-refractivity contribution in [2.45, 2.75) is 23.6 Å². The summed E-state index contributed by atoms with van der Waals surface area (Å²) < 4.78 is 62.2. The summed E-state index contributed by atoms with van der Waals surface area (Å²) >= 11 is 0. The minimum Gasteiger partial charge on any atom is -0.379 e. The van der Waals surface area contributed by atoms with Crippen LogP contribution in [0.15, 0.2) is 105 Å². The minimum atomic E-state index is -4.62. The molecule has 0 aliphatic carbocycles. The van der Waals surface area contributed by atoms with Crippen LogP contribution in [-0.4, -0.2) is 26.3 Å². The molecule has 4 aromatic carbocycles. The number of benzene rings is 4. The first kappa shape index (κ1) is 28.4. The van der Waals surface area contributed by atoms with Gasteiger partial charge in [0.15, 0.2) is 0 Å². The van der Waals surface area contributed by atoms with Crippen molar-refractivity contribution in [1.29, 1.82) is 0 Å². The smallest absolute Gasteiger partial charge is 0.339 e. The van der Waals surface area contributed by atoms with Crippen LogP contribution in [0, 0.1) is 24.0 Å². The number of rotatable bonds is 9. The van der Waals surface area contributed by atoms with E-state index in [0.717, 1.165) is 17.7 Å². The van der Waals surface area contributed by atoms with Crippen LogP contribution in [0.2, 0.25) is 0 Å². The second kappa shape index (κ2) is 11.2. The highest BCUT2D eigenvalue weighted by molar-refractivity contribution is 7.87. The number of hydrogen-bond donors (Lipinski definition) is 2. The van der Waals surface area contributed by atoms with Crippen LogP contribution in [0.1, 0.15) is 11.1 Å². The molecule has 206 valence electrons. The van der Waals surface area contributed by atoms with E-state index in [0.29, 0.717) is 22.6 Å². The van der Waals surface area contributed by atoms with E-state index in [1.807, 2.05) is 6.92 Å². The van der Waals surface area contributed by atoms with E-state index in [1.54, 1.807) is 49.4 Å². The van der Waals surface area contributed by atoms with Gasteiger partial charge in [-0.3, -0.25) is 14.7 Å². The largest absolute Gasteiger partial charge is 0.379 e. The molecule has 0 amide bonds. The van der Waals surface area contributed by atoms with E-state index >= 15 is 0 Å². The molecule has 0 saturated carbocycles. The molecule has 0 radical (unpaired) electrons. The Hall–Kier alpha value is -4.66. The number of aryl methyl sites for hydroxylation is 2. The highest BCUT2D eigenvalue weighted by Crippen LogP contribution is 2.32. The number of hydrogen-bond acceptors (Lipinski definition) is 10. The lowest BCUT2D eigenvalue weighted by Crippen LogP contribution is -2.09. The Labute approximate surface area is 230 Å². The predicted molar refractivity (Wildman–Crippen MR) is 147 cm³/mol. The fourth-order valence-corrected chi connectivity index (χ4v) is 4.94. The standard InChI is InChI=1S/C26H22N4O8S2/c1-17-6-9-22(10-7-17)40(36,37)38-21-8-12-24(18(2)14-21)29-28-20-5-3-4-19(15-20)27-25-13-11-23(39(33,34)35)16-26(25)30(31)32/h3-16,27H,1-2H3,(H,33,34,35). The van der Waals surface area contributed by atoms with Crippen LogP contribution in [-0.2, 0) is 20.2 Å². The van der Waals surface area contributed by atoms with Gasteiger partial charge in [0.05, 0.1) is 16.3 Å². The third kappa shape index (κ3) is 6.85. The SMILES string of the molecule is Cc1ccc(S(=O)(=O)Oc2ccc(N=Nc3cccc(Nc4ccc(S(=O)(=O)O)cc4[N+](=O)[O-])c3)c(C)c2)cc1. The van der Waals surface area contributed by atoms with Gasteiger partial charge in [0.25, 0.3) is 15.8 Å². The maximum atomic E-state index is 12.6. The molecule has 4 rings (SSSR count). The summed E-state index contributed by atoms with van der Waals surface area (Å²) in [5, 5.41) is 22.7. The Balaban J connectivity index is 1.51. The van der Waals surface area contributed by atoms with Gasteiger partial charge in [-0.15, -0.1) is 0 Å². The first-order valence-corrected chi connectivity index (χ1v) is 14.3. The van der Waals surface area contributed by atoms with Crippen molar-refractivity contribution >= 4 is 48.7 Å². The van der Waals surface area contributed by atoms with Crippen LogP contribution in [0.25, 0.3) is 0 Å². The van der Waals surface area contributed by atoms with E-state index in [2.05, 4.69) is 15.5 Å². The molecular formula is C26H22N4O8S2. The van der Waals surface area contributed by atoms with Gasteiger partial charge in [-0.2, -0.15) is 27.1 Å². The lowest BCUT2D eigenvalue weighted by molar-refractivity contribution is -0.384. The Morgan fingerprint density at radius 2 is 1.55 bits per heavy atom. The lowest BCUT2D eigenvalue weighted by Gasteiger charge is -2.09. The van der Waals surface area contributed by atoms with Gasteiger partial charge in [-0.05, 0) is 80.1 Å². The predicted octanol–water partition coefficient (Wildman–Crippen LogP) is 6.39. The molecule has 0 aliphatic rings. The maximum Gasteiger partial charge on any atom is 0.339 e. The topological polar surface area (TPSA) is 178 Å². The normalized spacial score (nSPS) is 11.9. The first-order valence-electron chi connectivity index (χ1n) is 11.5. The Bertz CT molecular complexity index is 1840. The monoisotopic (exact) mass is 582 g/mol. The Morgan fingerprint density at radius 1 is 0.850 bits per heavy atom. The summed E-state index contributed by atoms with van der Waals surface area (Å²) in [4.78, 5) is 10.1. The van der Waals surface area contributed by atoms with Crippen molar-refractivity contribution in [3.63, 3.8) is 0 Å². The third-order valence-electron chi connectivity index (χ3n) is 5.55. The highest BCUT2D eigenvalue weighted by Gasteiger charge is 2.20. The van der Waals surface area contributed by atoms with Gasteiger partial charge in [-0.1, -0.05) is 23.8 Å². The zero-order valence-corrected chi connectivity index (χ0v) is 22.7. The molecule has 0 aromatic heterocycles. The molecule has 0 atom stereocenters. The van der Waals surface area contributed by atoms with E-state index in [9.17, 15) is 31.5 Å². The fourth-order valence-electron chi connectivity index (χ4n) is 3.51. The molecule has 0 aliphatic heterocycles. The fraction of sp³-hybridized carbons (Fsp3) is 0.0769. The Morgan fingerprint density at radius 3 is 2.20 bits per heavy atom. The van der Waals surface area contributed by atoms with Crippen molar-refractivity contribution in [3.05, 3.63) is 106 Å². The number of anilines is 2. The average molecular weight is 583 g/mol. The molecule has 14 heteroatoms. The van der Waals surface area contributed by atoms with E-state index in [1.165, 1.54) is 30.3 Å². The van der Waals surface area contributed by atoms with Crippen molar-refractivity contribution in [1.82, 2.24) is 0 Å². The van der Waals surface area contributed by atoms with E-state index in [4.69, 9.17) is 4.18 Å². The summed E-state index contributed by atoms with van der Waals surface area (Å²) in [6, 6.07) is 20.2. The molecule has 0 saturated heterocycles. The zero-order valence-electron chi connectivity index (χ0n) is 21.0. The van der Waals surface area contributed by atoms with Crippen LogP contribution < -0.4 is 9.50 Å². The molecule has 0 bridgehead atoms. The number of azo groups is 1. The quantitative estimate of drug-likeness (QED) is 0.0744. The third-order valence-corrected chi connectivity index (χ3v) is 7.66. The molecule has 40 heavy (non-hydrogen) atoms. The van der Waals surface area contributed by atoms with E-state index in [-0.39, 0.29) is 16.3 Å². The van der Waals surface area contributed by atoms with Crippen molar-refractivity contribution in [2.24, 2.45) is 10.2 Å². The number of nitrogens with one attached hydrogen (secondary N) is 1. The maximum absolute atomic E-state index is 12.6. The minimum absolute atomic E-state index is 0.00138. The number of nitro benzene ring substituents is 1. The summed E-state index contributed by atoms with van der Waals surface area (Å²) in [5.74, 6) is 0.116. The van der Waals surface area contributed by atoms with Gasteiger partial charge in [-0.25, -0.2) is 0 Å². The first-order chi connectivity index (χ1) is 18.8. The lowest BCUT2D eigenvalue weighted by atomic mass is 10.2. The summed E-state index contributed by atoms with van der Waals surface area (Å²) in [5.41, 5.74) is 2.22. The van der Waals surface area contributed by atoms with Crippen molar-refractivity contribution in [3.8, 4) is 5.75 Å². The van der Waals surface area contributed by atoms with Crippen LogP contribution >= 0.6 is 0 Å². The van der Waals surface area contributed by atoms with Gasteiger partial charge in [0, 0.05) is 11.8 Å². The average Bonchev–Trinajstić information content (AvgIpc) is 2.88. The van der Waals surface area contributed by atoms with E-state index < -0.39 is 35.7 Å². The molecule has 0 unspecified atom stereocenters. The second-order valence-corrected chi connectivity index (χ2v) is 11.6. The number of nitro groups is 1. The number of nitrogens with zero attached hydrogens (tertiary/aromatic N) is 3. The molecule has 0 spiro atoms. The van der Waals surface area contributed by atoms with Gasteiger partial charge in [0.2, 0.25) is 0 Å². The highest BCUT2D eigenvalue weighted by atomic mass is 32.2. The van der Waals surface area contributed by atoms with Crippen LogP contribution in [0.3, 0.4) is 0 Å². The van der Waals surface area contributed by atoms with Crippen molar-refractivity contribution < 1.29 is 30.5 Å². The Kier molecular flexibility index (Phi) is 7.95. The summed E-state index contributed by atoms with van der Waals surface area (Å²) in [7, 11) is -8.63. The summed E-state index contributed by atoms with van der Waals surface area (Å²) in [6.07, 6.45) is 0. The van der Waals surface area contributed by atoms with Gasteiger partial charge >= 0.3 is 10.1 Å². The molecule has 0 heterocycles. The molecule has 4 aromatic rings. The molecule has 0 fully saturated rings. The molecular weight excluding hydrogens is 560 g/mol. The second-order valence-electron chi connectivity index (χ2n) is 8.59. The van der Waals surface area contributed by atoms with Gasteiger partial charge < -0.3 is 9.50 Å². The van der Waals surface area contributed by atoms with Crippen LogP contribution in [0.5, 0.6) is 5.75 Å². The zero-order chi connectivity index (χ0) is 29.1. The summed E-state index contributed by atoms with van der Waals surface area (Å²) in [6.45, 7) is 3.56. The van der Waals surface area contributed by atoms with Crippen LogP contribution in [0.4, 0.5) is 28.4 Å².